The summed E-state index contributed by atoms with van der Waals surface area (Å²) in [7, 11) is 1.62. The summed E-state index contributed by atoms with van der Waals surface area (Å²) < 4.78 is 0. The van der Waals surface area contributed by atoms with E-state index in [1.54, 1.807) is 7.05 Å². The molecule has 1 N–H and O–H groups in total. The molecule has 3 heteroatoms. The van der Waals surface area contributed by atoms with Crippen molar-refractivity contribution in [3.63, 3.8) is 0 Å². The van der Waals surface area contributed by atoms with Gasteiger partial charge in [0.1, 0.15) is 6.29 Å². The zero-order chi connectivity index (χ0) is 18.9. The lowest BCUT2D eigenvalue weighted by Crippen LogP contribution is -2.18. The molecule has 1 rings (SSSR count). The highest BCUT2D eigenvalue weighted by atomic mass is 16.1. The molecule has 25 heavy (non-hydrogen) atoms. The van der Waals surface area contributed by atoms with Gasteiger partial charge in [0, 0.05) is 19.4 Å². The van der Waals surface area contributed by atoms with Crippen LogP contribution in [0.5, 0.6) is 0 Å². The molecule has 1 unspecified atom stereocenters. The molecule has 0 aliphatic heterocycles. The highest BCUT2D eigenvalue weighted by Gasteiger charge is 2.12. The maximum Gasteiger partial charge on any atom is 0.219 e. The SMILES string of the molecule is CCCC.CCCCCCc1ccc(C(C=O)CCC(=O)NC)cc1. The third-order valence-corrected chi connectivity index (χ3v) is 4.35. The Kier molecular flexibility index (Phi) is 14.8. The van der Waals surface area contributed by atoms with E-state index in [9.17, 15) is 9.59 Å². The average Bonchev–Trinajstić information content (AvgIpc) is 2.66. The van der Waals surface area contributed by atoms with E-state index in [1.165, 1.54) is 44.1 Å². The summed E-state index contributed by atoms with van der Waals surface area (Å²) in [5, 5.41) is 2.58. The highest BCUT2D eigenvalue weighted by Crippen LogP contribution is 2.20. The van der Waals surface area contributed by atoms with E-state index in [2.05, 4.69) is 38.2 Å². The second kappa shape index (κ2) is 15.9. The molecule has 0 bridgehead atoms. The largest absolute Gasteiger partial charge is 0.359 e. The summed E-state index contributed by atoms with van der Waals surface area (Å²) in [5.41, 5.74) is 2.33. The van der Waals surface area contributed by atoms with Crippen LogP contribution in [0.4, 0.5) is 0 Å². The molecule has 1 aromatic rings. The fourth-order valence-electron chi connectivity index (χ4n) is 2.41. The van der Waals surface area contributed by atoms with E-state index >= 15 is 0 Å². The number of hydrogen-bond donors (Lipinski definition) is 1. The number of hydrogen-bond acceptors (Lipinski definition) is 2. The van der Waals surface area contributed by atoms with Crippen molar-refractivity contribution in [3.05, 3.63) is 35.4 Å². The third-order valence-electron chi connectivity index (χ3n) is 4.35. The summed E-state index contributed by atoms with van der Waals surface area (Å²) in [6, 6.07) is 8.27. The van der Waals surface area contributed by atoms with Crippen molar-refractivity contribution in [1.29, 1.82) is 0 Å². The van der Waals surface area contributed by atoms with Gasteiger partial charge in [-0.3, -0.25) is 4.79 Å². The van der Waals surface area contributed by atoms with Crippen LogP contribution in [-0.2, 0) is 16.0 Å². The zero-order valence-electron chi connectivity index (χ0n) is 16.6. The number of rotatable bonds is 11. The van der Waals surface area contributed by atoms with Crippen molar-refractivity contribution < 1.29 is 9.59 Å². The van der Waals surface area contributed by atoms with Gasteiger partial charge in [-0.2, -0.15) is 0 Å². The minimum atomic E-state index is -0.184. The van der Waals surface area contributed by atoms with Crippen LogP contribution in [-0.4, -0.2) is 19.2 Å². The van der Waals surface area contributed by atoms with Gasteiger partial charge in [0.2, 0.25) is 5.91 Å². The predicted molar refractivity (Wildman–Crippen MR) is 107 cm³/mol. The van der Waals surface area contributed by atoms with Gasteiger partial charge in [0.15, 0.2) is 0 Å². The Labute approximate surface area is 154 Å². The molecule has 0 aliphatic rings. The highest BCUT2D eigenvalue weighted by molar-refractivity contribution is 5.76. The standard InChI is InChI=1S/C18H27NO2.C4H10/c1-3-4-5-6-7-15-8-10-16(11-9-15)17(14-20)12-13-18(21)19-2;1-3-4-2/h8-11,14,17H,3-7,12-13H2,1-2H3,(H,19,21);3-4H2,1-2H3. The van der Waals surface area contributed by atoms with Crippen molar-refractivity contribution in [3.8, 4) is 0 Å². The quantitative estimate of drug-likeness (QED) is 0.429. The Bertz CT molecular complexity index is 452. The monoisotopic (exact) mass is 347 g/mol. The molecule has 3 nitrogen and oxygen atoms in total. The van der Waals surface area contributed by atoms with Crippen molar-refractivity contribution >= 4 is 12.2 Å². The first kappa shape index (κ1) is 23.4. The number of aryl methyl sites for hydroxylation is 1. The molecule has 0 saturated carbocycles. The second-order valence-electron chi connectivity index (χ2n) is 6.51. The van der Waals surface area contributed by atoms with Crippen molar-refractivity contribution in [2.75, 3.05) is 7.05 Å². The molecule has 0 heterocycles. The van der Waals surface area contributed by atoms with E-state index in [-0.39, 0.29) is 11.8 Å². The van der Waals surface area contributed by atoms with Gasteiger partial charge in [0.05, 0.1) is 0 Å². The second-order valence-corrected chi connectivity index (χ2v) is 6.51. The summed E-state index contributed by atoms with van der Waals surface area (Å²) in [5.74, 6) is -0.203. The lowest BCUT2D eigenvalue weighted by Gasteiger charge is -2.11. The van der Waals surface area contributed by atoms with Crippen LogP contribution in [0.3, 0.4) is 0 Å². The smallest absolute Gasteiger partial charge is 0.219 e. The minimum absolute atomic E-state index is 0.0191. The molecule has 1 aromatic carbocycles. The lowest BCUT2D eigenvalue weighted by atomic mass is 9.94. The molecule has 0 spiro atoms. The Morgan fingerprint density at radius 2 is 1.64 bits per heavy atom. The fourth-order valence-corrected chi connectivity index (χ4v) is 2.41. The Morgan fingerprint density at radius 3 is 2.12 bits per heavy atom. The summed E-state index contributed by atoms with van der Waals surface area (Å²) in [6.07, 6.45) is 10.7. The fraction of sp³-hybridized carbons (Fsp3) is 0.636. The topological polar surface area (TPSA) is 46.2 Å². The van der Waals surface area contributed by atoms with Crippen LogP contribution >= 0.6 is 0 Å². The number of nitrogens with one attached hydrogen (secondary N) is 1. The van der Waals surface area contributed by atoms with Crippen LogP contribution < -0.4 is 5.32 Å². The maximum absolute atomic E-state index is 11.3. The number of benzene rings is 1. The van der Waals surface area contributed by atoms with Crippen LogP contribution in [0.1, 0.15) is 89.2 Å². The summed E-state index contributed by atoms with van der Waals surface area (Å²) in [4.78, 5) is 22.5. The normalized spacial score (nSPS) is 11.2. The summed E-state index contributed by atoms with van der Waals surface area (Å²) >= 11 is 0. The van der Waals surface area contributed by atoms with Gasteiger partial charge in [-0.25, -0.2) is 0 Å². The van der Waals surface area contributed by atoms with Crippen LogP contribution in [0.15, 0.2) is 24.3 Å². The molecule has 0 radical (unpaired) electrons. The molecule has 142 valence electrons. The van der Waals surface area contributed by atoms with E-state index in [0.29, 0.717) is 12.8 Å². The summed E-state index contributed by atoms with van der Waals surface area (Å²) in [6.45, 7) is 6.58. The Balaban J connectivity index is 0.00000129. The van der Waals surface area contributed by atoms with Gasteiger partial charge in [-0.1, -0.05) is 77.1 Å². The number of carbonyl (C=O) groups is 2. The molecular formula is C22H37NO2. The number of unbranched alkanes of at least 4 members (excludes halogenated alkanes) is 4. The maximum atomic E-state index is 11.3. The van der Waals surface area contributed by atoms with Crippen LogP contribution in [0, 0.1) is 0 Å². The third kappa shape index (κ3) is 11.5. The van der Waals surface area contributed by atoms with Gasteiger partial charge in [0.25, 0.3) is 0 Å². The number of amides is 1. The average molecular weight is 348 g/mol. The molecular weight excluding hydrogens is 310 g/mol. The van der Waals surface area contributed by atoms with Crippen LogP contribution in [0.25, 0.3) is 0 Å². The first-order valence-electron chi connectivity index (χ1n) is 9.87. The lowest BCUT2D eigenvalue weighted by molar-refractivity contribution is -0.120. The molecule has 0 fully saturated rings. The van der Waals surface area contributed by atoms with E-state index in [1.807, 2.05) is 12.1 Å². The molecule has 1 atom stereocenters. The minimum Gasteiger partial charge on any atom is -0.359 e. The molecule has 0 aromatic heterocycles. The first-order chi connectivity index (χ1) is 12.1. The number of carbonyl (C=O) groups excluding carboxylic acids is 2. The van der Waals surface area contributed by atoms with Gasteiger partial charge in [-0.05, 0) is 30.4 Å². The molecule has 0 saturated heterocycles. The van der Waals surface area contributed by atoms with Gasteiger partial charge in [-0.15, -0.1) is 0 Å². The van der Waals surface area contributed by atoms with Crippen LogP contribution in [0.2, 0.25) is 0 Å². The number of aldehydes is 1. The van der Waals surface area contributed by atoms with Gasteiger partial charge < -0.3 is 10.1 Å². The zero-order valence-corrected chi connectivity index (χ0v) is 16.6. The van der Waals surface area contributed by atoms with E-state index < -0.39 is 0 Å². The Hall–Kier alpha value is -1.64. The van der Waals surface area contributed by atoms with Crippen molar-refractivity contribution in [2.45, 2.75) is 84.5 Å². The molecule has 0 aliphatic carbocycles. The predicted octanol–water partition coefficient (Wildman–Crippen LogP) is 5.42. The van der Waals surface area contributed by atoms with Crippen molar-refractivity contribution in [2.24, 2.45) is 0 Å². The first-order valence-corrected chi connectivity index (χ1v) is 9.87. The van der Waals surface area contributed by atoms with E-state index in [0.717, 1.165) is 18.3 Å². The van der Waals surface area contributed by atoms with Gasteiger partial charge >= 0.3 is 0 Å². The molecule has 1 amide bonds. The Morgan fingerprint density at radius 1 is 1.00 bits per heavy atom. The van der Waals surface area contributed by atoms with E-state index in [4.69, 9.17) is 0 Å². The van der Waals surface area contributed by atoms with Crippen molar-refractivity contribution in [1.82, 2.24) is 5.32 Å².